The molecule has 1 heterocycles. The van der Waals surface area contributed by atoms with Crippen LogP contribution in [0, 0.1) is 0 Å². The number of aromatic nitrogens is 1. The lowest BCUT2D eigenvalue weighted by Crippen LogP contribution is -2.27. The van der Waals surface area contributed by atoms with Gasteiger partial charge in [0.1, 0.15) is 0 Å². The molecule has 3 N–H and O–H groups in total. The maximum absolute atomic E-state index is 12.5. The number of carbonyl (C=O) groups excluding carboxylic acids is 1. The van der Waals surface area contributed by atoms with Gasteiger partial charge in [-0.2, -0.15) is 0 Å². The number of H-pyrrole nitrogens is 1. The highest BCUT2D eigenvalue weighted by Gasteiger charge is 2.14. The van der Waals surface area contributed by atoms with Crippen LogP contribution in [0.4, 0.5) is 0 Å². The number of rotatable bonds is 7. The molecule has 4 aromatic rings. The van der Waals surface area contributed by atoms with Crippen LogP contribution in [0.25, 0.3) is 11.1 Å². The molecule has 32 heavy (non-hydrogen) atoms. The molecule has 0 bridgehead atoms. The van der Waals surface area contributed by atoms with E-state index in [1.165, 1.54) is 0 Å². The lowest BCUT2D eigenvalue weighted by molar-refractivity contribution is -0.122. The van der Waals surface area contributed by atoms with Crippen molar-refractivity contribution in [2.75, 3.05) is 0 Å². The van der Waals surface area contributed by atoms with Gasteiger partial charge in [0.25, 0.3) is 0 Å². The zero-order valence-electron chi connectivity index (χ0n) is 17.7. The van der Waals surface area contributed by atoms with E-state index in [0.717, 1.165) is 39.2 Å². The zero-order chi connectivity index (χ0) is 22.5. The maximum atomic E-state index is 12.5. The van der Waals surface area contributed by atoms with E-state index >= 15 is 0 Å². The fourth-order valence-electron chi connectivity index (χ4n) is 3.57. The summed E-state index contributed by atoms with van der Waals surface area (Å²) in [5.41, 5.74) is 5.17. The van der Waals surface area contributed by atoms with Crippen molar-refractivity contribution in [3.05, 3.63) is 110 Å². The van der Waals surface area contributed by atoms with Crippen LogP contribution in [0.5, 0.6) is 5.88 Å². The van der Waals surface area contributed by atoms with Gasteiger partial charge in [-0.3, -0.25) is 14.6 Å². The molecule has 1 amide bonds. The van der Waals surface area contributed by atoms with Crippen LogP contribution in [0.15, 0.2) is 83.7 Å². The van der Waals surface area contributed by atoms with Gasteiger partial charge in [0.15, 0.2) is 0 Å². The number of thiazole rings is 1. The van der Waals surface area contributed by atoms with Crippen LogP contribution in [-0.4, -0.2) is 16.0 Å². The maximum Gasteiger partial charge on any atom is 0.307 e. The molecular formula is C26H24N2O3S. The van der Waals surface area contributed by atoms with Crippen molar-refractivity contribution in [3.63, 3.8) is 0 Å². The van der Waals surface area contributed by atoms with Crippen LogP contribution in [0.2, 0.25) is 0 Å². The molecule has 0 aliphatic rings. The molecule has 4 rings (SSSR count). The first-order chi connectivity index (χ1) is 15.5. The first-order valence-electron chi connectivity index (χ1n) is 10.4. The summed E-state index contributed by atoms with van der Waals surface area (Å²) in [6.45, 7) is 2.38. The van der Waals surface area contributed by atoms with E-state index in [2.05, 4.69) is 16.4 Å². The fourth-order valence-corrected chi connectivity index (χ4v) is 4.33. The largest absolute Gasteiger partial charge is 0.494 e. The lowest BCUT2D eigenvalue weighted by Gasteiger charge is -2.13. The Morgan fingerprint density at radius 3 is 2.41 bits per heavy atom. The number of hydrogen-bond acceptors (Lipinski definition) is 4. The summed E-state index contributed by atoms with van der Waals surface area (Å²) in [5, 5.41) is 12.8. The third kappa shape index (κ3) is 5.15. The summed E-state index contributed by atoms with van der Waals surface area (Å²) >= 11 is 1.02. The van der Waals surface area contributed by atoms with Crippen LogP contribution in [0.1, 0.15) is 34.4 Å². The molecule has 162 valence electrons. The minimum Gasteiger partial charge on any atom is -0.494 e. The molecule has 1 aromatic heterocycles. The van der Waals surface area contributed by atoms with Gasteiger partial charge in [0.05, 0.1) is 10.8 Å². The summed E-state index contributed by atoms with van der Waals surface area (Å²) in [6, 6.07) is 25.9. The molecule has 5 nitrogen and oxygen atoms in total. The normalized spacial score (nSPS) is 11.8. The minimum atomic E-state index is -0.254. The summed E-state index contributed by atoms with van der Waals surface area (Å²) in [4.78, 5) is 26.7. The molecule has 0 spiro atoms. The topological polar surface area (TPSA) is 82.2 Å². The molecule has 0 fully saturated rings. The van der Waals surface area contributed by atoms with E-state index in [9.17, 15) is 14.7 Å². The number of aromatic hydroxyl groups is 1. The van der Waals surface area contributed by atoms with Gasteiger partial charge < -0.3 is 10.4 Å². The molecule has 1 unspecified atom stereocenters. The number of hydrogen-bond donors (Lipinski definition) is 3. The highest BCUT2D eigenvalue weighted by molar-refractivity contribution is 7.09. The summed E-state index contributed by atoms with van der Waals surface area (Å²) in [5.74, 6) is -0.258. The van der Waals surface area contributed by atoms with Gasteiger partial charge in [-0.05, 0) is 40.8 Å². The Hall–Kier alpha value is -3.64. The van der Waals surface area contributed by atoms with Crippen molar-refractivity contribution in [2.24, 2.45) is 0 Å². The predicted octanol–water partition coefficient (Wildman–Crippen LogP) is 4.82. The van der Waals surface area contributed by atoms with Crippen LogP contribution < -0.4 is 10.2 Å². The Labute approximate surface area is 190 Å². The summed E-state index contributed by atoms with van der Waals surface area (Å²) in [7, 11) is 0. The predicted molar refractivity (Wildman–Crippen MR) is 128 cm³/mol. The summed E-state index contributed by atoms with van der Waals surface area (Å²) < 4.78 is 0. The van der Waals surface area contributed by atoms with E-state index in [0.29, 0.717) is 17.8 Å². The Morgan fingerprint density at radius 1 is 0.969 bits per heavy atom. The van der Waals surface area contributed by atoms with Crippen molar-refractivity contribution in [3.8, 4) is 17.0 Å². The molecular weight excluding hydrogens is 420 g/mol. The highest BCUT2D eigenvalue weighted by atomic mass is 32.1. The second-order valence-corrected chi connectivity index (χ2v) is 8.78. The Kier molecular flexibility index (Phi) is 6.52. The van der Waals surface area contributed by atoms with E-state index < -0.39 is 0 Å². The number of aromatic amines is 1. The first kappa shape index (κ1) is 21.6. The Balaban J connectivity index is 1.40. The number of nitrogens with one attached hydrogen (secondary N) is 2. The quantitative estimate of drug-likeness (QED) is 0.382. The second kappa shape index (κ2) is 9.66. The first-order valence-corrected chi connectivity index (χ1v) is 11.2. The van der Waals surface area contributed by atoms with Gasteiger partial charge in [-0.1, -0.05) is 84.1 Å². The highest BCUT2D eigenvalue weighted by Crippen LogP contribution is 2.24. The third-order valence-corrected chi connectivity index (χ3v) is 6.31. The minimum absolute atomic E-state index is 0.00117. The van der Waals surface area contributed by atoms with Gasteiger partial charge in [0.2, 0.25) is 11.8 Å². The van der Waals surface area contributed by atoms with Gasteiger partial charge >= 0.3 is 4.87 Å². The molecule has 0 aliphatic heterocycles. The van der Waals surface area contributed by atoms with Crippen LogP contribution >= 0.6 is 11.3 Å². The lowest BCUT2D eigenvalue weighted by atomic mass is 9.99. The smallest absolute Gasteiger partial charge is 0.307 e. The number of carbonyl (C=O) groups is 1. The molecule has 0 saturated carbocycles. The molecule has 1 atom stereocenters. The number of amides is 1. The monoisotopic (exact) mass is 444 g/mol. The molecule has 0 aliphatic carbocycles. The Morgan fingerprint density at radius 2 is 1.72 bits per heavy atom. The molecule has 6 heteroatoms. The van der Waals surface area contributed by atoms with E-state index in [1.54, 1.807) is 0 Å². The third-order valence-electron chi connectivity index (χ3n) is 5.44. The van der Waals surface area contributed by atoms with E-state index in [1.807, 2.05) is 79.7 Å². The van der Waals surface area contributed by atoms with Crippen molar-refractivity contribution in [1.29, 1.82) is 0 Å². The van der Waals surface area contributed by atoms with Crippen molar-refractivity contribution in [1.82, 2.24) is 10.3 Å². The standard InChI is InChI=1S/C26H24N2O3S/c1-17(20-7-3-2-4-8-20)24(29)27-16-19-6-5-9-22(14-19)21-12-10-18(11-13-21)15-23-25(30)28-26(31)32-23/h2-14,17,30H,15-16H2,1H3,(H,27,29)(H,28,31). The van der Waals surface area contributed by atoms with Crippen LogP contribution in [0.3, 0.4) is 0 Å². The van der Waals surface area contributed by atoms with E-state index in [4.69, 9.17) is 0 Å². The molecule has 0 radical (unpaired) electrons. The molecule has 0 saturated heterocycles. The number of benzene rings is 3. The van der Waals surface area contributed by atoms with Gasteiger partial charge in [-0.25, -0.2) is 0 Å². The van der Waals surface area contributed by atoms with Gasteiger partial charge in [-0.15, -0.1) is 0 Å². The fraction of sp³-hybridized carbons (Fsp3) is 0.154. The average molecular weight is 445 g/mol. The van der Waals surface area contributed by atoms with Crippen LogP contribution in [-0.2, 0) is 17.8 Å². The average Bonchev–Trinajstić information content (AvgIpc) is 3.14. The zero-order valence-corrected chi connectivity index (χ0v) is 18.5. The van der Waals surface area contributed by atoms with E-state index in [-0.39, 0.29) is 22.6 Å². The second-order valence-electron chi connectivity index (χ2n) is 7.71. The SMILES string of the molecule is CC(C(=O)NCc1cccc(-c2ccc(Cc3sc(=O)[nH]c3O)cc2)c1)c1ccccc1. The van der Waals surface area contributed by atoms with Gasteiger partial charge in [0, 0.05) is 13.0 Å². The molecule has 3 aromatic carbocycles. The van der Waals surface area contributed by atoms with Crippen molar-refractivity contribution in [2.45, 2.75) is 25.8 Å². The van der Waals surface area contributed by atoms with Crippen molar-refractivity contribution >= 4 is 17.2 Å². The van der Waals surface area contributed by atoms with Crippen molar-refractivity contribution < 1.29 is 9.90 Å². The Bertz CT molecular complexity index is 1260. The summed E-state index contributed by atoms with van der Waals surface area (Å²) in [6.07, 6.45) is 0.501.